The molecular formula is C54H39Cl11P3Ru+3. The molecule has 0 spiro atoms. The Kier molecular flexibility index (Phi) is 23.8. The summed E-state index contributed by atoms with van der Waals surface area (Å²) in [5.41, 5.74) is 0. The summed E-state index contributed by atoms with van der Waals surface area (Å²) in [5, 5.41) is 18.2. The molecule has 352 valence electrons. The van der Waals surface area contributed by atoms with Crippen molar-refractivity contribution in [3.63, 3.8) is 0 Å². The van der Waals surface area contributed by atoms with Crippen LogP contribution < -0.4 is 47.7 Å². The van der Waals surface area contributed by atoms with Crippen LogP contribution in [0.5, 0.6) is 0 Å². The molecule has 69 heavy (non-hydrogen) atoms. The summed E-state index contributed by atoms with van der Waals surface area (Å²) in [7, 11) is 6.40. The summed E-state index contributed by atoms with van der Waals surface area (Å²) in [6.45, 7) is 0. The van der Waals surface area contributed by atoms with Crippen LogP contribution in [0.25, 0.3) is 0 Å². The molecule has 9 aromatic carbocycles. The molecule has 0 saturated heterocycles. The van der Waals surface area contributed by atoms with Crippen LogP contribution in [0.3, 0.4) is 0 Å². The van der Waals surface area contributed by atoms with Gasteiger partial charge >= 0.3 is 34.5 Å². The number of rotatable bonds is 9. The van der Waals surface area contributed by atoms with Gasteiger partial charge in [-0.1, -0.05) is 104 Å². The molecule has 0 aliphatic rings. The molecule has 0 bridgehead atoms. The molecular weight excluding hydrogens is 1230 g/mol. The molecule has 0 aliphatic heterocycles. The summed E-state index contributed by atoms with van der Waals surface area (Å²) < 4.78 is 0. The van der Waals surface area contributed by atoms with Gasteiger partial charge in [-0.2, -0.15) is 0 Å². The summed E-state index contributed by atoms with van der Waals surface area (Å²) in [6, 6.07) is 72.6. The van der Waals surface area contributed by atoms with E-state index < -0.39 is 23.8 Å². The molecule has 0 unspecified atom stereocenters. The Morgan fingerprint density at radius 2 is 0.246 bits per heavy atom. The monoisotopic (exact) mass is 1270 g/mol. The summed E-state index contributed by atoms with van der Waals surface area (Å²) in [6.07, 6.45) is 0. The van der Waals surface area contributed by atoms with Crippen molar-refractivity contribution in [1.82, 2.24) is 0 Å². The van der Waals surface area contributed by atoms with Gasteiger partial charge in [0.2, 0.25) is 0 Å². The first-order chi connectivity index (χ1) is 33.3. The fraction of sp³-hybridized carbons (Fsp3) is 0. The minimum absolute atomic E-state index is 0.346. The molecule has 0 atom stereocenters. The zero-order chi connectivity index (χ0) is 49.3. The van der Waals surface area contributed by atoms with Crippen LogP contribution in [-0.2, 0) is 15.1 Å². The molecule has 0 saturated carbocycles. The molecule has 0 radical (unpaired) electrons. The normalized spacial score (nSPS) is 10.8. The van der Waals surface area contributed by atoms with Gasteiger partial charge in [0.15, 0.2) is 0 Å². The molecule has 0 amide bonds. The van der Waals surface area contributed by atoms with E-state index in [1.807, 2.05) is 109 Å². The van der Waals surface area contributed by atoms with E-state index in [2.05, 4.69) is 109 Å². The van der Waals surface area contributed by atoms with Crippen LogP contribution in [-0.4, -0.2) is 0 Å². The van der Waals surface area contributed by atoms with Crippen molar-refractivity contribution >= 4 is 195 Å². The first kappa shape index (κ1) is 56.4. The van der Waals surface area contributed by atoms with Crippen molar-refractivity contribution in [2.24, 2.45) is 0 Å². The third-order valence-corrected chi connectivity index (χ3v) is 20.7. The van der Waals surface area contributed by atoms with Gasteiger partial charge < -0.3 is 0 Å². The van der Waals surface area contributed by atoms with E-state index in [4.69, 9.17) is 124 Å². The molecule has 0 heterocycles. The van der Waals surface area contributed by atoms with Gasteiger partial charge in [-0.15, -0.1) is 0 Å². The molecule has 0 aliphatic carbocycles. The van der Waals surface area contributed by atoms with E-state index >= 15 is 0 Å². The Bertz CT molecular complexity index is 2280. The van der Waals surface area contributed by atoms with Crippen LogP contribution >= 0.6 is 148 Å². The maximum atomic E-state index is 6.03. The van der Waals surface area contributed by atoms with Crippen molar-refractivity contribution in [3.05, 3.63) is 264 Å². The predicted molar refractivity (Wildman–Crippen MR) is 316 cm³/mol. The van der Waals surface area contributed by atoms with Gasteiger partial charge in [0, 0.05) is 45.2 Å². The fourth-order valence-corrected chi connectivity index (χ4v) is 15.7. The van der Waals surface area contributed by atoms with E-state index in [9.17, 15) is 0 Å². The van der Waals surface area contributed by atoms with Crippen molar-refractivity contribution in [2.75, 3.05) is 0 Å². The molecule has 0 aromatic heterocycles. The average Bonchev–Trinajstić information content (AvgIpc) is 3.35. The van der Waals surface area contributed by atoms with Gasteiger partial charge in [-0.25, -0.2) is 0 Å². The van der Waals surface area contributed by atoms with Crippen LogP contribution in [0, 0.1) is 0 Å². The maximum absolute atomic E-state index is 6.03. The van der Waals surface area contributed by atoms with Crippen LogP contribution in [0.1, 0.15) is 0 Å². The summed E-state index contributed by atoms with van der Waals surface area (Å²) in [4.78, 5) is 0. The third-order valence-electron chi connectivity index (χ3n) is 10.2. The Morgan fingerprint density at radius 1 is 0.174 bits per heavy atom. The quantitative estimate of drug-likeness (QED) is 0.0998. The van der Waals surface area contributed by atoms with Gasteiger partial charge in [-0.05, 0) is 218 Å². The second-order valence-corrected chi connectivity index (χ2v) is 28.8. The standard InChI is InChI=1S/3C18H12Cl3P.2ClH.Ru/c3*19-13-1-7-16(8-2-13)22(17-9-3-14(20)4-10-17)18-11-5-15(21)6-12-18;;;/h3*1-12H;2*1H;/q;;;;;+2/p+1. The van der Waals surface area contributed by atoms with Crippen LogP contribution in [0.2, 0.25) is 45.2 Å². The summed E-state index contributed by atoms with van der Waals surface area (Å²) >= 11 is 53.9. The Labute approximate surface area is 469 Å². The molecule has 0 nitrogen and oxygen atoms in total. The topological polar surface area (TPSA) is 0 Å². The van der Waals surface area contributed by atoms with Crippen molar-refractivity contribution < 1.29 is 15.1 Å². The number of benzene rings is 9. The van der Waals surface area contributed by atoms with Gasteiger partial charge in [-0.3, -0.25) is 0 Å². The zero-order valence-electron chi connectivity index (χ0n) is 35.8. The molecule has 9 aromatic rings. The second kappa shape index (κ2) is 29.1. The van der Waals surface area contributed by atoms with E-state index in [0.717, 1.165) is 45.2 Å². The second-order valence-electron chi connectivity index (χ2n) is 14.7. The van der Waals surface area contributed by atoms with E-state index in [-0.39, 0.29) is 15.1 Å². The van der Waals surface area contributed by atoms with E-state index in [0.29, 0.717) is 0 Å². The fourth-order valence-electron chi connectivity index (χ4n) is 7.05. The Morgan fingerprint density at radius 3 is 0.319 bits per heavy atom. The summed E-state index contributed by atoms with van der Waals surface area (Å²) in [5.74, 6) is 0. The van der Waals surface area contributed by atoms with Crippen LogP contribution in [0.15, 0.2) is 218 Å². The van der Waals surface area contributed by atoms with Crippen molar-refractivity contribution in [2.45, 2.75) is 0 Å². The number of hydrogen-bond donors (Lipinski definition) is 0. The molecule has 0 fully saturated rings. The third kappa shape index (κ3) is 17.6. The SMILES string of the molecule is Clc1ccc([PH+](c2ccc(Cl)cc2)c2ccc(Cl)cc2)cc1.Clc1ccc([PH+](c2ccc(Cl)cc2)c2ccc(Cl)cc2)cc1.Clc1ccc([PH+](c2ccc(Cl)cc2)c2ccc(Cl)cc2)cc1.[Cl][Ru][Cl]. The van der Waals surface area contributed by atoms with Gasteiger partial charge in [0.1, 0.15) is 47.7 Å². The van der Waals surface area contributed by atoms with E-state index in [1.165, 1.54) is 47.7 Å². The first-order valence-corrected chi connectivity index (χ1v) is 33.0. The molecule has 9 rings (SSSR count). The Hall–Kier alpha value is -1.92. The van der Waals surface area contributed by atoms with Crippen molar-refractivity contribution in [3.8, 4) is 0 Å². The van der Waals surface area contributed by atoms with E-state index in [1.54, 1.807) is 0 Å². The van der Waals surface area contributed by atoms with Gasteiger partial charge in [0.25, 0.3) is 0 Å². The van der Waals surface area contributed by atoms with Gasteiger partial charge in [0.05, 0.1) is 23.8 Å². The first-order valence-electron chi connectivity index (χ1n) is 20.6. The average molecular weight is 1270 g/mol. The number of hydrogen-bond acceptors (Lipinski definition) is 0. The minimum atomic E-state index is -1.10. The zero-order valence-corrected chi connectivity index (χ0v) is 48.8. The number of halogens is 11. The molecule has 15 heteroatoms. The Balaban J connectivity index is 0.000000165. The predicted octanol–water partition coefficient (Wildman–Crippen LogP) is 16.8. The molecule has 0 N–H and O–H groups in total. The van der Waals surface area contributed by atoms with Crippen LogP contribution in [0.4, 0.5) is 0 Å². The van der Waals surface area contributed by atoms with Crippen molar-refractivity contribution in [1.29, 1.82) is 0 Å².